The summed E-state index contributed by atoms with van der Waals surface area (Å²) in [5.41, 5.74) is 5.14. The van der Waals surface area contributed by atoms with Gasteiger partial charge in [0.15, 0.2) is 11.0 Å². The third-order valence-electron chi connectivity index (χ3n) is 4.51. The highest BCUT2D eigenvalue weighted by atomic mass is 32.2. The minimum atomic E-state index is -0.716. The van der Waals surface area contributed by atoms with Crippen LogP contribution >= 0.6 is 23.1 Å². The van der Waals surface area contributed by atoms with E-state index in [4.69, 9.17) is 10.5 Å². The van der Waals surface area contributed by atoms with Gasteiger partial charge in [-0.1, -0.05) is 6.07 Å². The van der Waals surface area contributed by atoms with Gasteiger partial charge in [-0.2, -0.15) is 0 Å². The van der Waals surface area contributed by atoms with Gasteiger partial charge in [0.1, 0.15) is 0 Å². The second-order valence-electron chi connectivity index (χ2n) is 6.44. The number of nitrogens with zero attached hydrogens (tertiary/aromatic N) is 4. The molecular weight excluding hydrogens is 414 g/mol. The van der Waals surface area contributed by atoms with E-state index >= 15 is 0 Å². The molecule has 1 atom stereocenters. The number of hydrogen-bond donors (Lipinski definition) is 1. The van der Waals surface area contributed by atoms with E-state index in [9.17, 15) is 14.9 Å². The topological polar surface area (TPSA) is 126 Å². The monoisotopic (exact) mass is 431 g/mol. The quantitative estimate of drug-likeness (QED) is 0.449. The molecule has 1 amide bonds. The van der Waals surface area contributed by atoms with Gasteiger partial charge >= 0.3 is 0 Å². The smallest absolute Gasteiger partial charge is 0.284 e. The molecule has 0 unspecified atom stereocenters. The summed E-state index contributed by atoms with van der Waals surface area (Å²) in [7, 11) is 0. The molecule has 1 fully saturated rings. The largest absolute Gasteiger partial charge is 0.376 e. The molecular formula is C18H17N5O4S2. The Hall–Kier alpha value is -2.76. The number of nitro groups is 1. The van der Waals surface area contributed by atoms with Gasteiger partial charge < -0.3 is 10.5 Å². The Morgan fingerprint density at radius 2 is 2.28 bits per heavy atom. The highest BCUT2D eigenvalue weighted by Gasteiger charge is 2.25. The number of rotatable bonds is 7. The van der Waals surface area contributed by atoms with Crippen LogP contribution in [0.25, 0.3) is 10.7 Å². The Kier molecular flexibility index (Phi) is 5.60. The average Bonchev–Trinajstić information content (AvgIpc) is 3.45. The van der Waals surface area contributed by atoms with Crippen LogP contribution in [0.2, 0.25) is 0 Å². The van der Waals surface area contributed by atoms with Crippen LogP contribution in [0.5, 0.6) is 0 Å². The first kappa shape index (κ1) is 19.6. The van der Waals surface area contributed by atoms with Crippen molar-refractivity contribution in [2.75, 3.05) is 6.61 Å². The molecule has 150 valence electrons. The normalized spacial score (nSPS) is 16.2. The van der Waals surface area contributed by atoms with Gasteiger partial charge in [-0.25, -0.2) is 0 Å². The summed E-state index contributed by atoms with van der Waals surface area (Å²) >= 11 is 2.68. The zero-order valence-electron chi connectivity index (χ0n) is 15.2. The summed E-state index contributed by atoms with van der Waals surface area (Å²) in [5, 5.41) is 22.6. The van der Waals surface area contributed by atoms with Crippen molar-refractivity contribution in [3.63, 3.8) is 0 Å². The van der Waals surface area contributed by atoms with Crippen LogP contribution in [0, 0.1) is 10.1 Å². The summed E-state index contributed by atoms with van der Waals surface area (Å²) in [4.78, 5) is 23.7. The summed E-state index contributed by atoms with van der Waals surface area (Å²) in [6, 6.07) is 8.06. The van der Waals surface area contributed by atoms with Gasteiger partial charge in [0, 0.05) is 18.2 Å². The third kappa shape index (κ3) is 4.16. The van der Waals surface area contributed by atoms with E-state index in [1.165, 1.54) is 18.2 Å². The predicted octanol–water partition coefficient (Wildman–Crippen LogP) is 3.34. The Bertz CT molecular complexity index is 1040. The molecule has 4 rings (SSSR count). The summed E-state index contributed by atoms with van der Waals surface area (Å²) in [5.74, 6) is -0.0133. The van der Waals surface area contributed by atoms with Crippen LogP contribution in [-0.2, 0) is 11.3 Å². The lowest BCUT2D eigenvalue weighted by atomic mass is 10.2. The van der Waals surface area contributed by atoms with Crippen LogP contribution in [0.3, 0.4) is 0 Å². The van der Waals surface area contributed by atoms with Gasteiger partial charge in [0.05, 0.1) is 27.3 Å². The number of aromatic nitrogens is 3. The summed E-state index contributed by atoms with van der Waals surface area (Å²) in [6.07, 6.45) is 2.00. The fraction of sp³-hybridized carbons (Fsp3) is 0.278. The van der Waals surface area contributed by atoms with E-state index in [1.54, 1.807) is 11.3 Å². The van der Waals surface area contributed by atoms with Crippen molar-refractivity contribution in [2.45, 2.75) is 35.5 Å². The second-order valence-corrected chi connectivity index (χ2v) is 8.39. The van der Waals surface area contributed by atoms with Gasteiger partial charge in [-0.3, -0.25) is 19.5 Å². The highest BCUT2D eigenvalue weighted by molar-refractivity contribution is 7.99. The zero-order valence-corrected chi connectivity index (χ0v) is 16.8. The number of carbonyl (C=O) groups is 1. The maximum atomic E-state index is 11.5. The number of benzene rings is 1. The number of carbonyl (C=O) groups excluding carboxylic acids is 1. The SMILES string of the molecule is NC(=O)c1ccc(Sc2nnc(-c3cccs3)n2C[C@@H]2CCCO2)c([N+](=O)[O-])c1. The van der Waals surface area contributed by atoms with Crippen molar-refractivity contribution in [1.29, 1.82) is 0 Å². The van der Waals surface area contributed by atoms with Crippen molar-refractivity contribution in [2.24, 2.45) is 5.73 Å². The van der Waals surface area contributed by atoms with Gasteiger partial charge in [0.2, 0.25) is 5.91 Å². The molecule has 0 bridgehead atoms. The second kappa shape index (κ2) is 8.31. The predicted molar refractivity (Wildman–Crippen MR) is 108 cm³/mol. The Morgan fingerprint density at radius 3 is 2.93 bits per heavy atom. The molecule has 1 aliphatic rings. The van der Waals surface area contributed by atoms with Crippen LogP contribution in [0.1, 0.15) is 23.2 Å². The average molecular weight is 431 g/mol. The molecule has 2 aromatic heterocycles. The third-order valence-corrected chi connectivity index (χ3v) is 6.43. The van der Waals surface area contributed by atoms with E-state index in [1.807, 2.05) is 22.1 Å². The van der Waals surface area contributed by atoms with E-state index in [-0.39, 0.29) is 17.4 Å². The molecule has 0 radical (unpaired) electrons. The standard InChI is InChI=1S/C18H17N5O4S2/c19-16(24)11-5-6-14(13(9-11)23(25)26)29-18-21-20-17(15-4-2-8-28-15)22(18)10-12-3-1-7-27-12/h2,4-6,8-9,12H,1,3,7,10H2,(H2,19,24)/t12-/m0/s1. The molecule has 1 aliphatic heterocycles. The van der Waals surface area contributed by atoms with Gasteiger partial charge in [-0.15, -0.1) is 21.5 Å². The number of thiophene rings is 1. The fourth-order valence-electron chi connectivity index (χ4n) is 3.11. The Labute approximate surface area is 174 Å². The van der Waals surface area contributed by atoms with Crippen LogP contribution < -0.4 is 5.73 Å². The lowest BCUT2D eigenvalue weighted by Gasteiger charge is -2.14. The lowest BCUT2D eigenvalue weighted by molar-refractivity contribution is -0.387. The zero-order chi connectivity index (χ0) is 20.4. The van der Waals surface area contributed by atoms with Crippen molar-refractivity contribution >= 4 is 34.7 Å². The number of nitrogens with two attached hydrogens (primary N) is 1. The minimum absolute atomic E-state index is 0.0521. The lowest BCUT2D eigenvalue weighted by Crippen LogP contribution is -2.16. The molecule has 11 heteroatoms. The first-order valence-corrected chi connectivity index (χ1v) is 10.6. The van der Waals surface area contributed by atoms with Crippen LogP contribution in [0.4, 0.5) is 5.69 Å². The maximum Gasteiger partial charge on any atom is 0.284 e. The number of nitro benzene ring substituents is 1. The first-order valence-electron chi connectivity index (χ1n) is 8.87. The molecule has 0 saturated carbocycles. The fourth-order valence-corrected chi connectivity index (χ4v) is 4.75. The van der Waals surface area contributed by atoms with Crippen LogP contribution in [-0.4, -0.2) is 38.3 Å². The first-order chi connectivity index (χ1) is 14.0. The number of hydrogen-bond acceptors (Lipinski definition) is 8. The number of amides is 1. The molecule has 29 heavy (non-hydrogen) atoms. The number of ether oxygens (including phenoxy) is 1. The van der Waals surface area contributed by atoms with Crippen molar-refractivity contribution < 1.29 is 14.5 Å². The Morgan fingerprint density at radius 1 is 1.41 bits per heavy atom. The molecule has 1 aromatic carbocycles. The minimum Gasteiger partial charge on any atom is -0.376 e. The van der Waals surface area contributed by atoms with Crippen molar-refractivity contribution in [3.8, 4) is 10.7 Å². The highest BCUT2D eigenvalue weighted by Crippen LogP contribution is 2.37. The molecule has 3 heterocycles. The molecule has 2 N–H and O–H groups in total. The molecule has 0 spiro atoms. The maximum absolute atomic E-state index is 11.5. The van der Waals surface area contributed by atoms with E-state index < -0.39 is 10.8 Å². The van der Waals surface area contributed by atoms with Crippen molar-refractivity contribution in [1.82, 2.24) is 14.8 Å². The summed E-state index contributed by atoms with van der Waals surface area (Å²) in [6.45, 7) is 1.29. The molecule has 0 aliphatic carbocycles. The number of primary amides is 1. The summed E-state index contributed by atoms with van der Waals surface area (Å²) < 4.78 is 7.71. The van der Waals surface area contributed by atoms with Crippen molar-refractivity contribution in [3.05, 3.63) is 51.4 Å². The van der Waals surface area contributed by atoms with Crippen LogP contribution in [0.15, 0.2) is 45.8 Å². The van der Waals surface area contributed by atoms with E-state index in [0.29, 0.717) is 22.4 Å². The van der Waals surface area contributed by atoms with Gasteiger partial charge in [0.25, 0.3) is 5.69 Å². The molecule has 9 nitrogen and oxygen atoms in total. The van der Waals surface area contributed by atoms with Gasteiger partial charge in [-0.05, 0) is 48.2 Å². The Balaban J connectivity index is 1.71. The molecule has 1 saturated heterocycles. The van der Waals surface area contributed by atoms with E-state index in [0.717, 1.165) is 36.1 Å². The molecule has 3 aromatic rings. The van der Waals surface area contributed by atoms with E-state index in [2.05, 4.69) is 10.2 Å².